The zero-order valence-electron chi connectivity index (χ0n) is 26.9. The molecule has 3 aliphatic carbocycles. The van der Waals surface area contributed by atoms with Crippen molar-refractivity contribution < 1.29 is 13.9 Å². The van der Waals surface area contributed by atoms with Gasteiger partial charge in [-0.05, 0) is 56.2 Å². The first-order chi connectivity index (χ1) is 22.6. The minimum absolute atomic E-state index is 0.0191. The van der Waals surface area contributed by atoms with Gasteiger partial charge < -0.3 is 24.4 Å². The van der Waals surface area contributed by atoms with Crippen LogP contribution >= 0.6 is 0 Å². The first-order valence-corrected chi connectivity index (χ1v) is 16.3. The number of benzene rings is 1. The summed E-state index contributed by atoms with van der Waals surface area (Å²) in [5, 5.41) is 9.27. The van der Waals surface area contributed by atoms with Gasteiger partial charge in [-0.15, -0.1) is 0 Å². The Morgan fingerprint density at radius 1 is 1.09 bits per heavy atom. The van der Waals surface area contributed by atoms with Gasteiger partial charge >= 0.3 is 0 Å². The SMILES string of the molecule is CO[C@H]1CN(C)C(=O)[C@@H]2C[C@@H](CN2c2ncnc3c2cnn3C23CC(C)(C2)C3)Nc2cccc(n2)-c2cc(F)cc3nc(C)n(c23)C1. The van der Waals surface area contributed by atoms with Gasteiger partial charge in [-0.2, -0.15) is 5.10 Å². The summed E-state index contributed by atoms with van der Waals surface area (Å²) < 4.78 is 25.0. The van der Waals surface area contributed by atoms with Gasteiger partial charge in [0.25, 0.3) is 0 Å². The third-order valence-electron chi connectivity index (χ3n) is 10.9. The van der Waals surface area contributed by atoms with E-state index in [2.05, 4.69) is 31.8 Å². The normalized spacial score (nSPS) is 28.5. The Kier molecular flexibility index (Phi) is 6.03. The second-order valence-electron chi connectivity index (χ2n) is 14.4. The number of aryl methyl sites for hydroxylation is 1. The maximum atomic E-state index is 14.9. The second-order valence-corrected chi connectivity index (χ2v) is 14.4. The van der Waals surface area contributed by atoms with Gasteiger partial charge in [0.1, 0.15) is 35.6 Å². The highest BCUT2D eigenvalue weighted by atomic mass is 19.1. The number of amides is 1. The minimum Gasteiger partial charge on any atom is -0.378 e. The number of aromatic nitrogens is 7. The third kappa shape index (κ3) is 4.28. The maximum absolute atomic E-state index is 14.9. The van der Waals surface area contributed by atoms with E-state index in [4.69, 9.17) is 19.8 Å². The fourth-order valence-electron chi connectivity index (χ4n) is 8.97. The zero-order valence-corrected chi connectivity index (χ0v) is 26.9. The van der Waals surface area contributed by atoms with Crippen LogP contribution in [0.25, 0.3) is 33.3 Å². The molecule has 13 heteroatoms. The number of carbonyl (C=O) groups excluding carboxylic acids is 1. The van der Waals surface area contributed by atoms with E-state index in [0.717, 1.165) is 41.6 Å². The molecule has 4 fully saturated rings. The molecule has 12 nitrogen and oxygen atoms in total. The van der Waals surface area contributed by atoms with Crippen molar-refractivity contribution in [1.29, 1.82) is 0 Å². The molecule has 0 radical (unpaired) electrons. The maximum Gasteiger partial charge on any atom is 0.245 e. The first-order valence-electron chi connectivity index (χ1n) is 16.3. The lowest BCUT2D eigenvalue weighted by atomic mass is 9.40. The van der Waals surface area contributed by atoms with Crippen LogP contribution < -0.4 is 10.2 Å². The van der Waals surface area contributed by atoms with Crippen molar-refractivity contribution in [2.24, 2.45) is 5.41 Å². The van der Waals surface area contributed by atoms with Gasteiger partial charge in [0.15, 0.2) is 5.65 Å². The van der Waals surface area contributed by atoms with E-state index in [9.17, 15) is 9.18 Å². The number of rotatable bonds is 3. The summed E-state index contributed by atoms with van der Waals surface area (Å²) >= 11 is 0. The Balaban J connectivity index is 1.13. The standard InChI is InChI=1S/C34H37FN10O2/c1-19-39-26-9-20(35)8-23-25-6-5-7-28(41-25)40-21-10-27(32(46)42(3)13-22(47-4)14-43(19)29(23)26)44(12-21)30-24-11-38-45(31(24)37-18-36-30)34-15-33(2,16-34)17-34/h5-9,11,18,21-22,27H,10,12-17H2,1-4H3,(H,40,41)/t21-,22-,27-,33?,34?/m0/s1. The average Bonchev–Trinajstić information content (AvgIpc) is 3.72. The minimum atomic E-state index is -0.480. The molecule has 0 spiro atoms. The summed E-state index contributed by atoms with van der Waals surface area (Å²) in [6.45, 7) is 5.55. The molecule has 47 heavy (non-hydrogen) atoms. The molecule has 0 unspecified atom stereocenters. The average molecular weight is 637 g/mol. The smallest absolute Gasteiger partial charge is 0.245 e. The number of methoxy groups -OCH3 is 1. The van der Waals surface area contributed by atoms with Gasteiger partial charge in [-0.25, -0.2) is 29.0 Å². The van der Waals surface area contributed by atoms with E-state index in [0.29, 0.717) is 59.9 Å². The van der Waals surface area contributed by atoms with Crippen LogP contribution in [0.3, 0.4) is 0 Å². The molecule has 1 aromatic carbocycles. The van der Waals surface area contributed by atoms with Crippen LogP contribution in [0.15, 0.2) is 42.9 Å². The number of anilines is 2. The number of pyridine rings is 1. The van der Waals surface area contributed by atoms with Crippen molar-refractivity contribution in [2.75, 3.05) is 37.5 Å². The Labute approximate surface area is 271 Å². The van der Waals surface area contributed by atoms with Crippen molar-refractivity contribution in [3.63, 3.8) is 0 Å². The van der Waals surface area contributed by atoms with Crippen LogP contribution in [0, 0.1) is 18.2 Å². The number of nitrogens with one attached hydrogen (secondary N) is 1. The van der Waals surface area contributed by atoms with E-state index >= 15 is 0 Å². The van der Waals surface area contributed by atoms with Crippen LogP contribution in [-0.2, 0) is 21.6 Å². The Morgan fingerprint density at radius 2 is 1.91 bits per heavy atom. The van der Waals surface area contributed by atoms with E-state index in [1.807, 2.05) is 42.9 Å². The number of imidazole rings is 1. The van der Waals surface area contributed by atoms with Crippen molar-refractivity contribution in [3.05, 3.63) is 54.5 Å². The van der Waals surface area contributed by atoms with Gasteiger partial charge in [-0.3, -0.25) is 4.79 Å². The molecule has 6 heterocycles. The van der Waals surface area contributed by atoms with Gasteiger partial charge in [0.2, 0.25) is 5.91 Å². The van der Waals surface area contributed by atoms with Crippen LogP contribution in [0.4, 0.5) is 16.0 Å². The molecule has 1 amide bonds. The summed E-state index contributed by atoms with van der Waals surface area (Å²) in [7, 11) is 3.48. The highest BCUT2D eigenvalue weighted by Crippen LogP contribution is 2.71. The summed E-state index contributed by atoms with van der Waals surface area (Å²) in [5.74, 6) is 1.70. The van der Waals surface area contributed by atoms with Gasteiger partial charge in [0, 0.05) is 44.9 Å². The predicted octanol–water partition coefficient (Wildman–Crippen LogP) is 4.13. The van der Waals surface area contributed by atoms with E-state index in [1.54, 1.807) is 18.3 Å². The number of halogens is 1. The van der Waals surface area contributed by atoms with Crippen LogP contribution in [0.1, 0.15) is 38.4 Å². The predicted molar refractivity (Wildman–Crippen MR) is 175 cm³/mol. The zero-order chi connectivity index (χ0) is 32.2. The van der Waals surface area contributed by atoms with E-state index < -0.39 is 6.04 Å². The Hall–Kier alpha value is -4.65. The number of fused-ring (bicyclic) bond motifs is 6. The van der Waals surface area contributed by atoms with Crippen LogP contribution in [0.2, 0.25) is 0 Å². The molecular formula is C34H37FN10O2. The fraction of sp³-hybridized carbons (Fsp3) is 0.471. The Morgan fingerprint density at radius 3 is 2.70 bits per heavy atom. The number of hydrogen-bond donors (Lipinski definition) is 1. The quantitative estimate of drug-likeness (QED) is 0.312. The largest absolute Gasteiger partial charge is 0.378 e. The van der Waals surface area contributed by atoms with Crippen molar-refractivity contribution in [1.82, 2.24) is 39.2 Å². The fourth-order valence-corrected chi connectivity index (χ4v) is 8.97. The highest BCUT2D eigenvalue weighted by Gasteiger charge is 2.67. The number of ether oxygens (including phenoxy) is 1. The number of carbonyl (C=O) groups is 1. The molecule has 3 atom stereocenters. The summed E-state index contributed by atoms with van der Waals surface area (Å²) in [5.41, 5.74) is 3.92. The van der Waals surface area contributed by atoms with Gasteiger partial charge in [0.05, 0.1) is 46.5 Å². The summed E-state index contributed by atoms with van der Waals surface area (Å²) in [4.78, 5) is 37.3. The third-order valence-corrected chi connectivity index (χ3v) is 10.9. The molecule has 242 valence electrons. The second kappa shape index (κ2) is 9.93. The highest BCUT2D eigenvalue weighted by molar-refractivity contribution is 5.93. The lowest BCUT2D eigenvalue weighted by Crippen LogP contribution is -2.66. The van der Waals surface area contributed by atoms with E-state index in [1.165, 1.54) is 12.1 Å². The Bertz CT molecular complexity index is 2070. The number of likely N-dealkylation sites (N-methyl/N-ethyl adjacent to an activating group) is 1. The monoisotopic (exact) mass is 636 g/mol. The molecule has 5 aromatic rings. The summed E-state index contributed by atoms with van der Waals surface area (Å²) in [6, 6.07) is 8.09. The lowest BCUT2D eigenvalue weighted by molar-refractivity contribution is -0.178. The molecular weight excluding hydrogens is 599 g/mol. The van der Waals surface area contributed by atoms with Gasteiger partial charge in [-0.1, -0.05) is 13.0 Å². The molecule has 1 saturated heterocycles. The molecule has 2 aliphatic heterocycles. The van der Waals surface area contributed by atoms with Crippen LogP contribution in [0.5, 0.6) is 0 Å². The van der Waals surface area contributed by atoms with Crippen molar-refractivity contribution in [2.45, 2.75) is 69.8 Å². The van der Waals surface area contributed by atoms with Crippen molar-refractivity contribution in [3.8, 4) is 11.3 Å². The number of hydrogen-bond acceptors (Lipinski definition) is 9. The van der Waals surface area contributed by atoms with E-state index in [-0.39, 0.29) is 29.4 Å². The molecule has 5 aliphatic rings. The first kappa shape index (κ1) is 28.6. The molecule has 4 aromatic heterocycles. The van der Waals surface area contributed by atoms with Crippen LogP contribution in [-0.4, -0.2) is 90.5 Å². The molecule has 10 rings (SSSR count). The molecule has 1 N–H and O–H groups in total. The number of nitrogens with zero attached hydrogens (tertiary/aromatic N) is 9. The molecule has 6 bridgehead atoms. The topological polar surface area (TPSA) is 119 Å². The van der Waals surface area contributed by atoms with Crippen molar-refractivity contribution >= 4 is 39.6 Å². The molecule has 3 saturated carbocycles. The lowest BCUT2D eigenvalue weighted by Gasteiger charge is -2.69. The summed E-state index contributed by atoms with van der Waals surface area (Å²) in [6.07, 6.45) is 7.01.